The lowest BCUT2D eigenvalue weighted by molar-refractivity contribution is -0.907. The molecule has 0 bridgehead atoms. The van der Waals surface area contributed by atoms with Gasteiger partial charge in [-0.3, -0.25) is 4.79 Å². The lowest BCUT2D eigenvalue weighted by Crippen LogP contribution is -3.12. The predicted molar refractivity (Wildman–Crippen MR) is 94.2 cm³/mol. The highest BCUT2D eigenvalue weighted by atomic mass is 16.7. The van der Waals surface area contributed by atoms with Gasteiger partial charge < -0.3 is 24.4 Å². The second-order valence-electron chi connectivity index (χ2n) is 6.12. The zero-order chi connectivity index (χ0) is 17.8. The Hall–Kier alpha value is -2.73. The number of hydrogen-bond donors (Lipinski definition) is 2. The number of hydrogen-bond acceptors (Lipinski definition) is 4. The van der Waals surface area contributed by atoms with Gasteiger partial charge in [0.15, 0.2) is 17.5 Å². The van der Waals surface area contributed by atoms with E-state index in [1.165, 1.54) is 0 Å². The summed E-state index contributed by atoms with van der Waals surface area (Å²) in [6.07, 6.45) is 0. The number of rotatable bonds is 6. The van der Waals surface area contributed by atoms with Gasteiger partial charge in [0.05, 0.1) is 19.8 Å². The second-order valence-corrected chi connectivity index (χ2v) is 6.12. The Balaban J connectivity index is 1.63. The molecule has 6 nitrogen and oxygen atoms in total. The number of ether oxygens (including phenoxy) is 3. The van der Waals surface area contributed by atoms with E-state index in [-0.39, 0.29) is 18.7 Å². The summed E-state index contributed by atoms with van der Waals surface area (Å²) in [4.78, 5) is 13.6. The maximum Gasteiger partial charge on any atom is 0.282 e. The third-order valence-corrected chi connectivity index (χ3v) is 4.42. The number of methoxy groups -OCH3 is 1. The fourth-order valence-electron chi connectivity index (χ4n) is 2.74. The Bertz CT molecular complexity index is 763. The van der Waals surface area contributed by atoms with E-state index in [0.717, 1.165) is 22.0 Å². The minimum absolute atomic E-state index is 0.0530. The topological polar surface area (TPSA) is 61.2 Å². The minimum Gasteiger partial charge on any atom is -0.495 e. The van der Waals surface area contributed by atoms with E-state index >= 15 is 0 Å². The molecule has 1 aliphatic heterocycles. The summed E-state index contributed by atoms with van der Waals surface area (Å²) < 4.78 is 16.0. The van der Waals surface area contributed by atoms with Crippen LogP contribution in [-0.4, -0.2) is 32.9 Å². The molecule has 0 radical (unpaired) electrons. The van der Waals surface area contributed by atoms with E-state index in [1.54, 1.807) is 7.11 Å². The first-order valence-electron chi connectivity index (χ1n) is 8.23. The van der Waals surface area contributed by atoms with Crippen LogP contribution in [0.5, 0.6) is 17.2 Å². The van der Waals surface area contributed by atoms with Gasteiger partial charge in [0, 0.05) is 5.56 Å². The number of quaternary nitrogens is 1. The van der Waals surface area contributed by atoms with Crippen molar-refractivity contribution in [3.63, 3.8) is 0 Å². The largest absolute Gasteiger partial charge is 0.495 e. The highest BCUT2D eigenvalue weighted by molar-refractivity contribution is 5.94. The smallest absolute Gasteiger partial charge is 0.282 e. The van der Waals surface area contributed by atoms with E-state index in [9.17, 15) is 4.79 Å². The highest BCUT2D eigenvalue weighted by Crippen LogP contribution is 2.32. The zero-order valence-electron chi connectivity index (χ0n) is 14.7. The quantitative estimate of drug-likeness (QED) is 0.834. The number of benzene rings is 2. The SMILES string of the molecule is COc1ccccc1NC(=O)[C@@H](C)[NH+](C)Cc1ccc2c(c1)OCO2. The maximum absolute atomic E-state index is 12.6. The first-order valence-corrected chi connectivity index (χ1v) is 8.23. The Morgan fingerprint density at radius 3 is 2.80 bits per heavy atom. The molecule has 0 aliphatic carbocycles. The number of likely N-dealkylation sites (N-methyl/N-ethyl adjacent to an activating group) is 1. The summed E-state index contributed by atoms with van der Waals surface area (Å²) in [6.45, 7) is 2.88. The van der Waals surface area contributed by atoms with Crippen LogP contribution in [0.2, 0.25) is 0 Å². The normalized spacial score (nSPS) is 14.7. The standard InChI is InChI=1S/C19H22N2O4/c1-13(19(22)20-15-6-4-5-7-16(15)23-3)21(2)11-14-8-9-17-18(10-14)25-12-24-17/h4-10,13H,11-12H2,1-3H3,(H,20,22)/p+1/t13-/m1/s1. The van der Waals surface area contributed by atoms with E-state index in [0.29, 0.717) is 18.0 Å². The Morgan fingerprint density at radius 2 is 2.00 bits per heavy atom. The average Bonchev–Trinajstić information content (AvgIpc) is 3.09. The molecule has 1 unspecified atom stereocenters. The summed E-state index contributed by atoms with van der Waals surface area (Å²) >= 11 is 0. The summed E-state index contributed by atoms with van der Waals surface area (Å²) in [5.41, 5.74) is 1.77. The molecule has 0 aromatic heterocycles. The molecule has 1 amide bonds. The van der Waals surface area contributed by atoms with E-state index in [2.05, 4.69) is 5.32 Å². The molecule has 1 aliphatic rings. The lowest BCUT2D eigenvalue weighted by Gasteiger charge is -2.21. The molecule has 0 saturated carbocycles. The molecule has 2 aromatic rings. The number of para-hydroxylation sites is 2. The van der Waals surface area contributed by atoms with E-state index in [4.69, 9.17) is 14.2 Å². The van der Waals surface area contributed by atoms with Gasteiger partial charge in [0.25, 0.3) is 5.91 Å². The monoisotopic (exact) mass is 343 g/mol. The molecule has 2 atom stereocenters. The number of fused-ring (bicyclic) bond motifs is 1. The Kier molecular flexibility index (Phi) is 5.09. The third-order valence-electron chi connectivity index (χ3n) is 4.42. The molecular weight excluding hydrogens is 320 g/mol. The molecule has 3 rings (SSSR count). The van der Waals surface area contributed by atoms with Crippen LogP contribution in [0.15, 0.2) is 42.5 Å². The number of amides is 1. The summed E-state index contributed by atoms with van der Waals surface area (Å²) in [5.74, 6) is 2.12. The van der Waals surface area contributed by atoms with Crippen LogP contribution in [-0.2, 0) is 11.3 Å². The van der Waals surface area contributed by atoms with E-state index in [1.807, 2.05) is 56.4 Å². The molecule has 132 valence electrons. The minimum atomic E-state index is -0.227. The van der Waals surface area contributed by atoms with Crippen molar-refractivity contribution in [2.75, 3.05) is 26.3 Å². The van der Waals surface area contributed by atoms with Gasteiger partial charge in [-0.15, -0.1) is 0 Å². The fourth-order valence-corrected chi connectivity index (χ4v) is 2.74. The van der Waals surface area contributed by atoms with Crippen LogP contribution in [0.3, 0.4) is 0 Å². The first-order chi connectivity index (χ1) is 12.1. The van der Waals surface area contributed by atoms with Crippen molar-refractivity contribution in [3.8, 4) is 17.2 Å². The van der Waals surface area contributed by atoms with Crippen molar-refractivity contribution in [1.29, 1.82) is 0 Å². The van der Waals surface area contributed by atoms with Crippen LogP contribution >= 0.6 is 0 Å². The average molecular weight is 343 g/mol. The van der Waals surface area contributed by atoms with Crippen LogP contribution in [0.4, 0.5) is 5.69 Å². The van der Waals surface area contributed by atoms with Gasteiger partial charge in [-0.05, 0) is 37.3 Å². The molecular formula is C19H23N2O4+. The fraction of sp³-hybridized carbons (Fsp3) is 0.316. The van der Waals surface area contributed by atoms with Crippen molar-refractivity contribution in [1.82, 2.24) is 0 Å². The summed E-state index contributed by atoms with van der Waals surface area (Å²) in [7, 11) is 3.59. The first kappa shape index (κ1) is 17.1. The molecule has 0 spiro atoms. The van der Waals surface area contributed by atoms with Gasteiger partial charge in [0.2, 0.25) is 6.79 Å². The molecule has 0 saturated heterocycles. The van der Waals surface area contributed by atoms with Crippen molar-refractivity contribution in [2.24, 2.45) is 0 Å². The molecule has 1 heterocycles. The predicted octanol–water partition coefficient (Wildman–Crippen LogP) is 1.47. The lowest BCUT2D eigenvalue weighted by atomic mass is 10.1. The highest BCUT2D eigenvalue weighted by Gasteiger charge is 2.24. The molecule has 6 heteroatoms. The number of carbonyl (C=O) groups is 1. The Morgan fingerprint density at radius 1 is 1.24 bits per heavy atom. The van der Waals surface area contributed by atoms with E-state index < -0.39 is 0 Å². The van der Waals surface area contributed by atoms with Gasteiger partial charge in [-0.25, -0.2) is 0 Å². The zero-order valence-corrected chi connectivity index (χ0v) is 14.7. The molecule has 0 fully saturated rings. The van der Waals surface area contributed by atoms with Gasteiger partial charge in [0.1, 0.15) is 12.3 Å². The van der Waals surface area contributed by atoms with Crippen molar-refractivity contribution >= 4 is 11.6 Å². The van der Waals surface area contributed by atoms with Crippen molar-refractivity contribution < 1.29 is 23.9 Å². The van der Waals surface area contributed by atoms with Gasteiger partial charge in [-0.2, -0.15) is 0 Å². The summed E-state index contributed by atoms with van der Waals surface area (Å²) in [5, 5.41) is 2.94. The molecule has 2 aromatic carbocycles. The number of carbonyl (C=O) groups excluding carboxylic acids is 1. The van der Waals surface area contributed by atoms with Crippen LogP contribution < -0.4 is 24.4 Å². The second kappa shape index (κ2) is 7.44. The maximum atomic E-state index is 12.6. The summed E-state index contributed by atoms with van der Waals surface area (Å²) in [6, 6.07) is 13.0. The Labute approximate surface area is 147 Å². The third kappa shape index (κ3) is 3.85. The van der Waals surface area contributed by atoms with Gasteiger partial charge >= 0.3 is 0 Å². The van der Waals surface area contributed by atoms with Gasteiger partial charge in [-0.1, -0.05) is 12.1 Å². The van der Waals surface area contributed by atoms with Crippen molar-refractivity contribution in [2.45, 2.75) is 19.5 Å². The van der Waals surface area contributed by atoms with Crippen LogP contribution in [0.1, 0.15) is 12.5 Å². The molecule has 2 N–H and O–H groups in total. The van der Waals surface area contributed by atoms with Crippen LogP contribution in [0.25, 0.3) is 0 Å². The molecule has 25 heavy (non-hydrogen) atoms. The van der Waals surface area contributed by atoms with Crippen LogP contribution in [0, 0.1) is 0 Å². The van der Waals surface area contributed by atoms with Crippen molar-refractivity contribution in [3.05, 3.63) is 48.0 Å². The number of anilines is 1. The number of nitrogens with one attached hydrogen (secondary N) is 2.